The van der Waals surface area contributed by atoms with Crippen molar-refractivity contribution in [2.45, 2.75) is 6.18 Å². The van der Waals surface area contributed by atoms with Gasteiger partial charge in [-0.05, 0) is 30.3 Å². The number of aryl methyl sites for hydroxylation is 1. The van der Waals surface area contributed by atoms with E-state index in [4.69, 9.17) is 4.74 Å². The lowest BCUT2D eigenvalue weighted by Crippen LogP contribution is -2.39. The molecule has 5 rings (SSSR count). The number of halogens is 5. The van der Waals surface area contributed by atoms with Crippen LogP contribution < -0.4 is 16.0 Å². The van der Waals surface area contributed by atoms with Crippen LogP contribution in [0.2, 0.25) is 0 Å². The molecule has 4 aromatic rings. The van der Waals surface area contributed by atoms with E-state index < -0.39 is 35.1 Å². The number of carbonyl (C=O) groups is 1. The Bertz CT molecular complexity index is 1570. The van der Waals surface area contributed by atoms with Gasteiger partial charge in [-0.1, -0.05) is 6.07 Å². The highest BCUT2D eigenvalue weighted by Crippen LogP contribution is 2.32. The number of fused-ring (bicyclic) bond motifs is 1. The summed E-state index contributed by atoms with van der Waals surface area (Å²) in [6.45, 7) is 4.63. The van der Waals surface area contributed by atoms with Gasteiger partial charge in [-0.25, -0.2) is 23.2 Å². The van der Waals surface area contributed by atoms with Gasteiger partial charge in [0.2, 0.25) is 5.95 Å². The molecule has 216 valence electrons. The molecule has 15 heteroatoms. The number of morpholine rings is 1. The molecular weight excluding hydrogens is 551 g/mol. The molecule has 3 heterocycles. The van der Waals surface area contributed by atoms with E-state index >= 15 is 0 Å². The summed E-state index contributed by atoms with van der Waals surface area (Å²) in [6.07, 6.45) is -3.15. The number of hydrogen-bond donors (Lipinski definition) is 3. The Balaban J connectivity index is 1.27. The topological polar surface area (TPSA) is 109 Å². The number of benzene rings is 2. The van der Waals surface area contributed by atoms with E-state index in [1.165, 1.54) is 12.1 Å². The van der Waals surface area contributed by atoms with Crippen LogP contribution in [0.15, 0.2) is 42.6 Å². The zero-order chi connectivity index (χ0) is 29.1. The molecule has 2 aromatic heterocycles. The Morgan fingerprint density at radius 3 is 2.51 bits per heavy atom. The van der Waals surface area contributed by atoms with Gasteiger partial charge in [-0.15, -0.1) is 0 Å². The van der Waals surface area contributed by atoms with Crippen molar-refractivity contribution in [3.8, 4) is 11.3 Å². The van der Waals surface area contributed by atoms with E-state index in [1.807, 2.05) is 5.32 Å². The molecule has 1 saturated heterocycles. The lowest BCUT2D eigenvalue weighted by atomic mass is 10.1. The SMILES string of the molecule is Cn1nc(-c2ccc(NC(=O)Nc3cc(C(F)(F)F)ccc3F)c(F)c2)c2cnc(NCCN3CCOCC3)nc21. The molecular formula is C26H25F5N8O2. The molecule has 0 radical (unpaired) electrons. The van der Waals surface area contributed by atoms with Gasteiger partial charge in [-0.3, -0.25) is 4.90 Å². The highest BCUT2D eigenvalue weighted by Gasteiger charge is 2.31. The van der Waals surface area contributed by atoms with Gasteiger partial charge in [0, 0.05) is 45.0 Å². The summed E-state index contributed by atoms with van der Waals surface area (Å²) in [4.78, 5) is 23.5. The normalized spacial score (nSPS) is 14.3. The predicted molar refractivity (Wildman–Crippen MR) is 141 cm³/mol. The van der Waals surface area contributed by atoms with Crippen LogP contribution in [0.1, 0.15) is 5.56 Å². The number of urea groups is 1. The minimum atomic E-state index is -4.73. The molecule has 1 aliphatic rings. The molecule has 2 aromatic carbocycles. The van der Waals surface area contributed by atoms with Crippen LogP contribution in [0, 0.1) is 11.6 Å². The number of nitrogens with one attached hydrogen (secondary N) is 3. The van der Waals surface area contributed by atoms with Crippen molar-refractivity contribution < 1.29 is 31.5 Å². The number of hydrogen-bond acceptors (Lipinski definition) is 7. The van der Waals surface area contributed by atoms with E-state index in [1.54, 1.807) is 17.9 Å². The van der Waals surface area contributed by atoms with Crippen molar-refractivity contribution in [1.29, 1.82) is 0 Å². The maximum atomic E-state index is 14.9. The quantitative estimate of drug-likeness (QED) is 0.274. The molecule has 1 aliphatic heterocycles. The van der Waals surface area contributed by atoms with E-state index in [-0.39, 0.29) is 5.69 Å². The molecule has 0 aliphatic carbocycles. The van der Waals surface area contributed by atoms with Crippen molar-refractivity contribution in [3.05, 3.63) is 59.8 Å². The molecule has 10 nitrogen and oxygen atoms in total. The third-order valence-electron chi connectivity index (χ3n) is 6.43. The summed E-state index contributed by atoms with van der Waals surface area (Å²) in [5.74, 6) is -1.50. The first-order valence-corrected chi connectivity index (χ1v) is 12.6. The fourth-order valence-electron chi connectivity index (χ4n) is 4.32. The van der Waals surface area contributed by atoms with Crippen LogP contribution in [0.3, 0.4) is 0 Å². The minimum Gasteiger partial charge on any atom is -0.379 e. The number of amides is 2. The van der Waals surface area contributed by atoms with Crippen LogP contribution >= 0.6 is 0 Å². The van der Waals surface area contributed by atoms with Gasteiger partial charge in [0.25, 0.3) is 0 Å². The third-order valence-corrected chi connectivity index (χ3v) is 6.43. The smallest absolute Gasteiger partial charge is 0.379 e. The highest BCUT2D eigenvalue weighted by molar-refractivity contribution is 6.00. The Morgan fingerprint density at radius 2 is 1.78 bits per heavy atom. The lowest BCUT2D eigenvalue weighted by Gasteiger charge is -2.26. The molecule has 0 unspecified atom stereocenters. The molecule has 41 heavy (non-hydrogen) atoms. The second-order valence-corrected chi connectivity index (χ2v) is 9.25. The first-order chi connectivity index (χ1) is 19.6. The van der Waals surface area contributed by atoms with Gasteiger partial charge in [0.1, 0.15) is 17.3 Å². The zero-order valence-corrected chi connectivity index (χ0v) is 21.7. The summed E-state index contributed by atoms with van der Waals surface area (Å²) in [5.41, 5.74) is -0.824. The van der Waals surface area contributed by atoms with Crippen LogP contribution in [0.4, 0.5) is 44.1 Å². The molecule has 3 N–H and O–H groups in total. The zero-order valence-electron chi connectivity index (χ0n) is 21.7. The second kappa shape index (κ2) is 11.6. The number of ether oxygens (including phenoxy) is 1. The minimum absolute atomic E-state index is 0.276. The first kappa shape index (κ1) is 28.2. The van der Waals surface area contributed by atoms with Gasteiger partial charge in [0.05, 0.1) is 35.5 Å². The van der Waals surface area contributed by atoms with Crippen LogP contribution in [-0.2, 0) is 18.0 Å². The lowest BCUT2D eigenvalue weighted by molar-refractivity contribution is -0.137. The Hall–Kier alpha value is -4.37. The molecule has 0 spiro atoms. The number of aromatic nitrogens is 4. The molecule has 1 fully saturated rings. The largest absolute Gasteiger partial charge is 0.416 e. The Morgan fingerprint density at radius 1 is 1.02 bits per heavy atom. The van der Waals surface area contributed by atoms with Crippen LogP contribution in [-0.4, -0.2) is 70.1 Å². The predicted octanol–water partition coefficient (Wildman–Crippen LogP) is 4.72. The maximum absolute atomic E-state index is 14.9. The highest BCUT2D eigenvalue weighted by atomic mass is 19.4. The average Bonchev–Trinajstić information content (AvgIpc) is 3.26. The third kappa shape index (κ3) is 6.52. The van der Waals surface area contributed by atoms with E-state index in [0.29, 0.717) is 66.2 Å². The van der Waals surface area contributed by atoms with E-state index in [9.17, 15) is 26.7 Å². The monoisotopic (exact) mass is 576 g/mol. The van der Waals surface area contributed by atoms with E-state index in [0.717, 1.165) is 25.7 Å². The van der Waals surface area contributed by atoms with E-state index in [2.05, 4.69) is 30.6 Å². The van der Waals surface area contributed by atoms with Crippen LogP contribution in [0.5, 0.6) is 0 Å². The Kier molecular flexibility index (Phi) is 7.99. The standard InChI is InChI=1S/C26H25F5N8O2/c1-38-23-17(14-33-24(36-23)32-6-7-39-8-10-41-11-9-39)22(37-38)15-2-5-20(19(28)12-15)34-25(40)35-21-13-16(26(29,30)31)3-4-18(21)27/h2-5,12-14H,6-11H2,1H3,(H,32,33,36)(H2,34,35,40). The summed E-state index contributed by atoms with van der Waals surface area (Å²) < 4.78 is 74.6. The molecule has 0 atom stereocenters. The van der Waals surface area contributed by atoms with Gasteiger partial charge < -0.3 is 20.7 Å². The van der Waals surface area contributed by atoms with Gasteiger partial charge >= 0.3 is 12.2 Å². The van der Waals surface area contributed by atoms with Crippen molar-refractivity contribution in [1.82, 2.24) is 24.6 Å². The summed E-state index contributed by atoms with van der Waals surface area (Å²) >= 11 is 0. The number of nitrogens with zero attached hydrogens (tertiary/aromatic N) is 5. The van der Waals surface area contributed by atoms with Crippen LogP contribution in [0.25, 0.3) is 22.3 Å². The number of carbonyl (C=O) groups excluding carboxylic acids is 1. The summed E-state index contributed by atoms with van der Waals surface area (Å²) in [7, 11) is 1.69. The summed E-state index contributed by atoms with van der Waals surface area (Å²) in [6, 6.07) is 4.35. The van der Waals surface area contributed by atoms with Crippen molar-refractivity contribution >= 4 is 34.4 Å². The van der Waals surface area contributed by atoms with Gasteiger partial charge in [-0.2, -0.15) is 23.3 Å². The number of anilines is 3. The van der Waals surface area contributed by atoms with Crippen molar-refractivity contribution in [3.63, 3.8) is 0 Å². The van der Waals surface area contributed by atoms with Crippen molar-refractivity contribution in [2.24, 2.45) is 7.05 Å². The molecule has 2 amide bonds. The Labute approximate surface area is 230 Å². The summed E-state index contributed by atoms with van der Waals surface area (Å²) in [5, 5.41) is 12.4. The second-order valence-electron chi connectivity index (χ2n) is 9.25. The fraction of sp³-hybridized carbons (Fsp3) is 0.308. The number of rotatable bonds is 7. The number of alkyl halides is 3. The van der Waals surface area contributed by atoms with Gasteiger partial charge in [0.15, 0.2) is 5.65 Å². The maximum Gasteiger partial charge on any atom is 0.416 e. The first-order valence-electron chi connectivity index (χ1n) is 12.6. The molecule has 0 saturated carbocycles. The molecule has 0 bridgehead atoms. The van der Waals surface area contributed by atoms with Crippen molar-refractivity contribution in [2.75, 3.05) is 55.3 Å². The average molecular weight is 577 g/mol. The fourth-order valence-corrected chi connectivity index (χ4v) is 4.32.